The number of pyridine rings is 1. The second-order valence-corrected chi connectivity index (χ2v) is 7.97. The zero-order valence-corrected chi connectivity index (χ0v) is 13.5. The Labute approximate surface area is 135 Å². The first-order valence-corrected chi connectivity index (χ1v) is 8.75. The van der Waals surface area contributed by atoms with Gasteiger partial charge < -0.3 is 5.11 Å². The van der Waals surface area contributed by atoms with Crippen LogP contribution in [0.25, 0.3) is 0 Å². The Bertz CT molecular complexity index is 853. The molecule has 1 N–H and O–H groups in total. The molecule has 1 aliphatic carbocycles. The maximum atomic E-state index is 13.1. The van der Waals surface area contributed by atoms with E-state index in [1.54, 1.807) is 55.6 Å². The van der Waals surface area contributed by atoms with E-state index in [0.717, 1.165) is 3.97 Å². The smallest absolute Gasteiger partial charge is 0.248 e. The molecular formula is C17H18N2O3S. The van der Waals surface area contributed by atoms with Gasteiger partial charge in [-0.15, -0.1) is 0 Å². The van der Waals surface area contributed by atoms with Gasteiger partial charge in [-0.2, -0.15) is 0 Å². The van der Waals surface area contributed by atoms with Gasteiger partial charge in [0.15, 0.2) is 0 Å². The summed E-state index contributed by atoms with van der Waals surface area (Å²) in [5, 5.41) is 10.5. The van der Waals surface area contributed by atoms with Crippen molar-refractivity contribution in [3.05, 3.63) is 78.4 Å². The molecule has 0 bridgehead atoms. The third-order valence-corrected chi connectivity index (χ3v) is 6.39. The van der Waals surface area contributed by atoms with Crippen LogP contribution in [0.1, 0.15) is 30.8 Å². The molecule has 6 heteroatoms. The molecule has 0 aliphatic heterocycles. The third-order valence-electron chi connectivity index (χ3n) is 4.06. The van der Waals surface area contributed by atoms with E-state index >= 15 is 0 Å². The first-order valence-electron chi connectivity index (χ1n) is 7.31. The number of hydrogen-bond donors (Lipinski definition) is 1. The highest BCUT2D eigenvalue weighted by molar-refractivity contribution is 7.91. The monoisotopic (exact) mass is 330 g/mol. The molecule has 0 aromatic carbocycles. The first kappa shape index (κ1) is 15.7. The Morgan fingerprint density at radius 2 is 2.09 bits per heavy atom. The molecule has 2 atom stereocenters. The Kier molecular flexibility index (Phi) is 3.95. The summed E-state index contributed by atoms with van der Waals surface area (Å²) in [5.74, 6) is 0. The Hall–Kier alpha value is -2.18. The van der Waals surface area contributed by atoms with Crippen molar-refractivity contribution in [1.29, 1.82) is 0 Å². The van der Waals surface area contributed by atoms with E-state index in [4.69, 9.17) is 0 Å². The summed E-state index contributed by atoms with van der Waals surface area (Å²) in [4.78, 5) is 4.10. The number of rotatable bonds is 4. The van der Waals surface area contributed by atoms with Crippen molar-refractivity contribution in [1.82, 2.24) is 8.96 Å². The van der Waals surface area contributed by atoms with Crippen LogP contribution in [-0.2, 0) is 10.0 Å². The lowest BCUT2D eigenvalue weighted by Crippen LogP contribution is -2.38. The highest BCUT2D eigenvalue weighted by atomic mass is 32.2. The van der Waals surface area contributed by atoms with Gasteiger partial charge in [0.1, 0.15) is 10.9 Å². The molecule has 0 amide bonds. The van der Waals surface area contributed by atoms with Crippen LogP contribution in [0.5, 0.6) is 0 Å². The Balaban J connectivity index is 2.04. The highest BCUT2D eigenvalue weighted by Gasteiger charge is 2.39. The van der Waals surface area contributed by atoms with Crippen LogP contribution in [0.15, 0.2) is 67.0 Å². The van der Waals surface area contributed by atoms with Crippen LogP contribution < -0.4 is 0 Å². The summed E-state index contributed by atoms with van der Waals surface area (Å²) in [6.07, 6.45) is 9.39. The standard InChI is InChI=1S/C17H18N2O3S/c1-17(10-4-2-5-11-17)23(21,22)19-13-7-9-15(19)16(20)14-8-3-6-12-18-14/h2-10,12-13,16,20H,11H2,1H3. The number of hydrogen-bond acceptors (Lipinski definition) is 4. The minimum atomic E-state index is -3.71. The van der Waals surface area contributed by atoms with Crippen LogP contribution in [0, 0.1) is 0 Å². The summed E-state index contributed by atoms with van der Waals surface area (Å²) in [6, 6.07) is 8.38. The predicted octanol–water partition coefficient (Wildman–Crippen LogP) is 2.42. The van der Waals surface area contributed by atoms with Crippen LogP contribution in [0.2, 0.25) is 0 Å². The average Bonchev–Trinajstić information content (AvgIpc) is 3.06. The van der Waals surface area contributed by atoms with E-state index in [2.05, 4.69) is 4.98 Å². The molecule has 1 aliphatic rings. The van der Waals surface area contributed by atoms with Crippen molar-refractivity contribution >= 4 is 10.0 Å². The lowest BCUT2D eigenvalue weighted by atomic mass is 10.0. The molecule has 3 rings (SSSR count). The van der Waals surface area contributed by atoms with Crippen molar-refractivity contribution in [2.24, 2.45) is 0 Å². The number of aliphatic hydroxyl groups excluding tert-OH is 1. The predicted molar refractivity (Wildman–Crippen MR) is 88.4 cm³/mol. The van der Waals surface area contributed by atoms with Crippen LogP contribution in [0.3, 0.4) is 0 Å². The van der Waals surface area contributed by atoms with Crippen molar-refractivity contribution in [2.45, 2.75) is 24.2 Å². The molecule has 23 heavy (non-hydrogen) atoms. The molecular weight excluding hydrogens is 312 g/mol. The fourth-order valence-corrected chi connectivity index (χ4v) is 4.30. The topological polar surface area (TPSA) is 72.2 Å². The Morgan fingerprint density at radius 1 is 1.26 bits per heavy atom. The van der Waals surface area contributed by atoms with Crippen LogP contribution in [-0.4, -0.2) is 27.2 Å². The van der Waals surface area contributed by atoms with E-state index in [1.807, 2.05) is 12.2 Å². The van der Waals surface area contributed by atoms with Gasteiger partial charge in [0.25, 0.3) is 0 Å². The van der Waals surface area contributed by atoms with E-state index in [-0.39, 0.29) is 5.69 Å². The fourth-order valence-electron chi connectivity index (χ4n) is 2.62. The maximum Gasteiger partial charge on any atom is 0.248 e. The van der Waals surface area contributed by atoms with E-state index in [0.29, 0.717) is 12.1 Å². The quantitative estimate of drug-likeness (QED) is 0.934. The van der Waals surface area contributed by atoms with Gasteiger partial charge in [-0.05, 0) is 37.6 Å². The minimum absolute atomic E-state index is 0.285. The summed E-state index contributed by atoms with van der Waals surface area (Å²) < 4.78 is 26.3. The summed E-state index contributed by atoms with van der Waals surface area (Å²) >= 11 is 0. The molecule has 0 saturated carbocycles. The normalized spacial score (nSPS) is 22.2. The minimum Gasteiger partial charge on any atom is -0.380 e. The van der Waals surface area contributed by atoms with Crippen molar-refractivity contribution in [2.75, 3.05) is 0 Å². The number of allylic oxidation sites excluding steroid dienone is 3. The second kappa shape index (κ2) is 5.79. The Morgan fingerprint density at radius 3 is 2.74 bits per heavy atom. The molecule has 0 saturated heterocycles. The SMILES string of the molecule is CC1(S(=O)(=O)n2cccc2C(O)c2ccccn2)C=CC=CC1. The van der Waals surface area contributed by atoms with Crippen LogP contribution >= 0.6 is 0 Å². The molecule has 0 fully saturated rings. The third kappa shape index (κ3) is 2.64. The van der Waals surface area contributed by atoms with Gasteiger partial charge >= 0.3 is 0 Å². The molecule has 2 unspecified atom stereocenters. The highest BCUT2D eigenvalue weighted by Crippen LogP contribution is 2.32. The molecule has 120 valence electrons. The van der Waals surface area contributed by atoms with Gasteiger partial charge in [-0.25, -0.2) is 12.4 Å². The molecule has 2 heterocycles. The van der Waals surface area contributed by atoms with Crippen molar-refractivity contribution in [3.8, 4) is 0 Å². The van der Waals surface area contributed by atoms with E-state index in [9.17, 15) is 13.5 Å². The zero-order valence-electron chi connectivity index (χ0n) is 12.7. The number of aliphatic hydroxyl groups is 1. The molecule has 2 aromatic rings. The van der Waals surface area contributed by atoms with Crippen LogP contribution in [0.4, 0.5) is 0 Å². The van der Waals surface area contributed by atoms with E-state index in [1.165, 1.54) is 6.20 Å². The lowest BCUT2D eigenvalue weighted by molar-refractivity contribution is 0.209. The lowest BCUT2D eigenvalue weighted by Gasteiger charge is -2.28. The maximum absolute atomic E-state index is 13.1. The van der Waals surface area contributed by atoms with E-state index < -0.39 is 20.9 Å². The van der Waals surface area contributed by atoms with Gasteiger partial charge in [0.2, 0.25) is 10.0 Å². The largest absolute Gasteiger partial charge is 0.380 e. The number of aromatic nitrogens is 2. The van der Waals surface area contributed by atoms with Gasteiger partial charge in [-0.1, -0.05) is 30.4 Å². The molecule has 0 spiro atoms. The van der Waals surface area contributed by atoms with Crippen molar-refractivity contribution in [3.63, 3.8) is 0 Å². The fraction of sp³-hybridized carbons (Fsp3) is 0.235. The molecule has 2 aromatic heterocycles. The summed E-state index contributed by atoms with van der Waals surface area (Å²) in [5.41, 5.74) is 0.694. The summed E-state index contributed by atoms with van der Waals surface area (Å²) in [6.45, 7) is 1.68. The molecule has 0 radical (unpaired) electrons. The zero-order chi connectivity index (χ0) is 16.5. The van der Waals surface area contributed by atoms with Gasteiger partial charge in [0, 0.05) is 12.4 Å². The average molecular weight is 330 g/mol. The number of nitrogens with zero attached hydrogens (tertiary/aromatic N) is 2. The summed E-state index contributed by atoms with van der Waals surface area (Å²) in [7, 11) is -3.71. The van der Waals surface area contributed by atoms with Crippen molar-refractivity contribution < 1.29 is 13.5 Å². The second-order valence-electron chi connectivity index (χ2n) is 5.70. The first-order chi connectivity index (χ1) is 11.0. The van der Waals surface area contributed by atoms with Gasteiger partial charge in [-0.3, -0.25) is 4.98 Å². The molecule has 5 nitrogen and oxygen atoms in total. The van der Waals surface area contributed by atoms with Gasteiger partial charge in [0.05, 0.1) is 11.4 Å².